The molecule has 1 aliphatic carbocycles. The van der Waals surface area contributed by atoms with Gasteiger partial charge < -0.3 is 9.47 Å². The number of benzene rings is 1. The second-order valence-corrected chi connectivity index (χ2v) is 7.03. The highest BCUT2D eigenvalue weighted by Crippen LogP contribution is 2.24. The van der Waals surface area contributed by atoms with Crippen LogP contribution in [0.2, 0.25) is 0 Å². The van der Waals surface area contributed by atoms with Crippen LogP contribution in [-0.2, 0) is 9.47 Å². The second-order valence-electron chi connectivity index (χ2n) is 7.03. The van der Waals surface area contributed by atoms with Crippen LogP contribution in [0.3, 0.4) is 0 Å². The normalized spacial score (nSPS) is 15.4. The Hall–Kier alpha value is -3.60. The topological polar surface area (TPSA) is 60.5 Å². The van der Waals surface area contributed by atoms with Crippen LogP contribution in [0.4, 0.5) is 0 Å². The first-order valence-corrected chi connectivity index (χ1v) is 9.59. The first-order valence-electron chi connectivity index (χ1n) is 9.59. The van der Waals surface area contributed by atoms with E-state index >= 15 is 0 Å². The van der Waals surface area contributed by atoms with E-state index in [0.717, 1.165) is 29.7 Å². The molecular formula is C24H22N2O3. The van der Waals surface area contributed by atoms with Crippen LogP contribution >= 0.6 is 0 Å². The molecule has 29 heavy (non-hydrogen) atoms. The van der Waals surface area contributed by atoms with Crippen molar-refractivity contribution in [2.75, 3.05) is 0 Å². The lowest BCUT2D eigenvalue weighted by molar-refractivity contribution is 0.0922. The first kappa shape index (κ1) is 18.7. The van der Waals surface area contributed by atoms with Crippen LogP contribution in [0.5, 0.6) is 0 Å². The van der Waals surface area contributed by atoms with Crippen molar-refractivity contribution >= 4 is 5.91 Å². The fourth-order valence-corrected chi connectivity index (χ4v) is 3.20. The molecule has 0 fully saturated rings. The van der Waals surface area contributed by atoms with Gasteiger partial charge in [-0.2, -0.15) is 0 Å². The van der Waals surface area contributed by atoms with Gasteiger partial charge in [0.25, 0.3) is 5.91 Å². The van der Waals surface area contributed by atoms with E-state index < -0.39 is 0 Å². The molecule has 0 radical (unpaired) electrons. The van der Waals surface area contributed by atoms with Gasteiger partial charge in [0.2, 0.25) is 5.88 Å². The number of rotatable bonds is 5. The summed E-state index contributed by atoms with van der Waals surface area (Å²) in [5, 5.41) is 2.73. The monoisotopic (exact) mass is 386 g/mol. The number of nitrogens with one attached hydrogen (secondary N) is 1. The maximum Gasteiger partial charge on any atom is 0.259 e. The quantitative estimate of drug-likeness (QED) is 0.773. The van der Waals surface area contributed by atoms with Crippen molar-refractivity contribution in [1.29, 1.82) is 0 Å². The zero-order valence-corrected chi connectivity index (χ0v) is 16.2. The largest absolute Gasteiger partial charge is 0.464 e. The number of aromatic nitrogens is 1. The Kier molecular flexibility index (Phi) is 5.56. The molecule has 5 heteroatoms. The predicted molar refractivity (Wildman–Crippen MR) is 111 cm³/mol. The third-order valence-corrected chi connectivity index (χ3v) is 4.69. The van der Waals surface area contributed by atoms with E-state index in [0.29, 0.717) is 17.7 Å². The third-order valence-electron chi connectivity index (χ3n) is 4.69. The number of carbonyl (C=O) groups is 1. The average Bonchev–Trinajstić information content (AvgIpc) is 2.75. The van der Waals surface area contributed by atoms with Crippen molar-refractivity contribution in [1.82, 2.24) is 10.3 Å². The highest BCUT2D eigenvalue weighted by molar-refractivity contribution is 5.95. The fourth-order valence-electron chi connectivity index (χ4n) is 3.20. The number of aryl methyl sites for hydroxylation is 1. The van der Waals surface area contributed by atoms with Crippen LogP contribution in [-0.4, -0.2) is 10.9 Å². The minimum Gasteiger partial charge on any atom is -0.464 e. The molecule has 0 saturated carbocycles. The number of hydrogen-bond acceptors (Lipinski definition) is 4. The molecule has 0 atom stereocenters. The van der Waals surface area contributed by atoms with Gasteiger partial charge in [-0.1, -0.05) is 47.6 Å². The van der Waals surface area contributed by atoms with Gasteiger partial charge in [0.15, 0.2) is 6.26 Å². The fraction of sp³-hybridized carbons (Fsp3) is 0.167. The van der Waals surface area contributed by atoms with Crippen LogP contribution in [0.1, 0.15) is 35.2 Å². The maximum atomic E-state index is 12.5. The zero-order valence-electron chi connectivity index (χ0n) is 16.2. The molecule has 1 N–H and O–H groups in total. The van der Waals surface area contributed by atoms with Crippen molar-refractivity contribution in [2.24, 2.45) is 0 Å². The summed E-state index contributed by atoms with van der Waals surface area (Å²) in [5.74, 6) is 0.628. The average molecular weight is 386 g/mol. The third kappa shape index (κ3) is 4.82. The summed E-state index contributed by atoms with van der Waals surface area (Å²) in [4.78, 5) is 17.0. The molecule has 1 amide bonds. The van der Waals surface area contributed by atoms with E-state index in [4.69, 9.17) is 9.47 Å². The molecule has 146 valence electrons. The molecule has 1 aromatic carbocycles. The SMILES string of the molecule is Cc1cccc(-c2ccc(C(=O)NC3=COC=C(CC4=CC=CCC4)O3)cn2)c1. The summed E-state index contributed by atoms with van der Waals surface area (Å²) in [6.07, 6.45) is 13.5. The number of allylic oxidation sites excluding steroid dienone is 4. The van der Waals surface area contributed by atoms with E-state index in [1.54, 1.807) is 18.5 Å². The summed E-state index contributed by atoms with van der Waals surface area (Å²) in [7, 11) is 0. The maximum absolute atomic E-state index is 12.5. The van der Waals surface area contributed by atoms with Gasteiger partial charge in [-0.15, -0.1) is 0 Å². The number of nitrogens with zero attached hydrogens (tertiary/aromatic N) is 1. The number of ether oxygens (including phenoxy) is 2. The Bertz CT molecular complexity index is 1030. The lowest BCUT2D eigenvalue weighted by atomic mass is 10.0. The molecule has 0 bridgehead atoms. The molecule has 0 spiro atoms. The van der Waals surface area contributed by atoms with E-state index in [-0.39, 0.29) is 11.8 Å². The van der Waals surface area contributed by atoms with Crippen molar-refractivity contribution in [3.05, 3.63) is 102 Å². The number of carbonyl (C=O) groups excluding carboxylic acids is 1. The summed E-state index contributed by atoms with van der Waals surface area (Å²) in [5.41, 5.74) is 4.72. The van der Waals surface area contributed by atoms with E-state index in [9.17, 15) is 4.79 Å². The van der Waals surface area contributed by atoms with E-state index in [2.05, 4.69) is 34.6 Å². The molecular weight excluding hydrogens is 364 g/mol. The Balaban J connectivity index is 1.37. The molecule has 1 aliphatic heterocycles. The van der Waals surface area contributed by atoms with E-state index in [1.807, 2.05) is 31.2 Å². The van der Waals surface area contributed by atoms with Gasteiger partial charge in [0.05, 0.1) is 11.3 Å². The standard InChI is InChI=1S/C24H22N2O3/c1-17-6-5-9-19(12-17)22-11-10-20(14-25-22)24(27)26-23-16-28-15-21(29-23)13-18-7-3-2-4-8-18/h2-3,5-7,9-12,14-16H,4,8,13H2,1H3,(H,26,27). The second kappa shape index (κ2) is 8.61. The van der Waals surface area contributed by atoms with Gasteiger partial charge in [0, 0.05) is 18.2 Å². The van der Waals surface area contributed by atoms with Crippen LogP contribution in [0, 0.1) is 6.92 Å². The van der Waals surface area contributed by atoms with Crippen molar-refractivity contribution in [3.63, 3.8) is 0 Å². The van der Waals surface area contributed by atoms with Gasteiger partial charge in [-0.3, -0.25) is 15.1 Å². The van der Waals surface area contributed by atoms with Crippen molar-refractivity contribution < 1.29 is 14.3 Å². The lowest BCUT2D eigenvalue weighted by Crippen LogP contribution is -2.25. The minimum absolute atomic E-state index is 0.266. The summed E-state index contributed by atoms with van der Waals surface area (Å²) in [6.45, 7) is 2.04. The van der Waals surface area contributed by atoms with Crippen LogP contribution < -0.4 is 5.32 Å². The summed E-state index contributed by atoms with van der Waals surface area (Å²) >= 11 is 0. The molecule has 2 heterocycles. The molecule has 4 rings (SSSR count). The van der Waals surface area contributed by atoms with Gasteiger partial charge in [-0.25, -0.2) is 0 Å². The molecule has 5 nitrogen and oxygen atoms in total. The van der Waals surface area contributed by atoms with Crippen LogP contribution in [0.15, 0.2) is 90.6 Å². The molecule has 2 aromatic rings. The summed E-state index contributed by atoms with van der Waals surface area (Å²) < 4.78 is 11.1. The molecule has 0 saturated heterocycles. The number of amides is 1. The van der Waals surface area contributed by atoms with Gasteiger partial charge in [0.1, 0.15) is 12.0 Å². The zero-order chi connectivity index (χ0) is 20.1. The minimum atomic E-state index is -0.302. The Morgan fingerprint density at radius 2 is 2.14 bits per heavy atom. The van der Waals surface area contributed by atoms with E-state index in [1.165, 1.54) is 11.8 Å². The van der Waals surface area contributed by atoms with Crippen molar-refractivity contribution in [3.8, 4) is 11.3 Å². The predicted octanol–water partition coefficient (Wildman–Crippen LogP) is 5.14. The Morgan fingerprint density at radius 1 is 1.21 bits per heavy atom. The Labute approximate surface area is 170 Å². The molecule has 0 unspecified atom stereocenters. The summed E-state index contributed by atoms with van der Waals surface area (Å²) in [6, 6.07) is 11.7. The Morgan fingerprint density at radius 3 is 2.90 bits per heavy atom. The number of hydrogen-bond donors (Lipinski definition) is 1. The van der Waals surface area contributed by atoms with Crippen LogP contribution in [0.25, 0.3) is 11.3 Å². The van der Waals surface area contributed by atoms with Gasteiger partial charge in [-0.05, 0) is 38.0 Å². The first-order chi connectivity index (χ1) is 14.2. The molecule has 2 aliphatic rings. The smallest absolute Gasteiger partial charge is 0.259 e. The highest BCUT2D eigenvalue weighted by atomic mass is 16.6. The van der Waals surface area contributed by atoms with Gasteiger partial charge >= 0.3 is 0 Å². The molecule has 1 aromatic heterocycles. The lowest BCUT2D eigenvalue weighted by Gasteiger charge is -2.18. The number of pyridine rings is 1. The highest BCUT2D eigenvalue weighted by Gasteiger charge is 2.16. The van der Waals surface area contributed by atoms with Crippen molar-refractivity contribution in [2.45, 2.75) is 26.2 Å².